The average molecular weight is 429 g/mol. The minimum Gasteiger partial charge on any atom is -0.381 e. The third-order valence-corrected chi connectivity index (χ3v) is 6.53. The Kier molecular flexibility index (Phi) is 5.37. The first-order valence-corrected chi connectivity index (χ1v) is 10.4. The maximum Gasteiger partial charge on any atom is 0.0971 e. The van der Waals surface area contributed by atoms with E-state index in [-0.39, 0.29) is 5.60 Å². The second kappa shape index (κ2) is 7.73. The summed E-state index contributed by atoms with van der Waals surface area (Å²) in [6.07, 6.45) is 1.81. The topological polar surface area (TPSA) is 18.5 Å². The number of halogens is 1. The van der Waals surface area contributed by atoms with Crippen molar-refractivity contribution in [3.8, 4) is 0 Å². The van der Waals surface area contributed by atoms with Crippen LogP contribution in [0.1, 0.15) is 18.4 Å². The van der Waals surface area contributed by atoms with Crippen LogP contribution in [-0.4, -0.2) is 20.3 Å². The first-order valence-electron chi connectivity index (χ1n) is 8.79. The summed E-state index contributed by atoms with van der Waals surface area (Å²) in [7, 11) is 1.81. The van der Waals surface area contributed by atoms with Gasteiger partial charge in [0.15, 0.2) is 0 Å². The fourth-order valence-corrected chi connectivity index (χ4v) is 4.85. The minimum absolute atomic E-state index is 0.218. The molecular weight excluding hydrogens is 408 g/mol. The zero-order valence-electron chi connectivity index (χ0n) is 14.7. The lowest BCUT2D eigenvalue weighted by atomic mass is 9.86. The van der Waals surface area contributed by atoms with Crippen LogP contribution < -0.4 is 0 Å². The van der Waals surface area contributed by atoms with Crippen molar-refractivity contribution in [3.05, 3.63) is 70.7 Å². The van der Waals surface area contributed by atoms with Crippen molar-refractivity contribution in [3.63, 3.8) is 0 Å². The van der Waals surface area contributed by atoms with Crippen molar-refractivity contribution in [1.82, 2.24) is 0 Å². The molecule has 0 aromatic heterocycles. The molecule has 2 nitrogen and oxygen atoms in total. The molecule has 4 heteroatoms. The Hall–Kier alpha value is -1.33. The molecule has 0 spiro atoms. The van der Waals surface area contributed by atoms with Crippen LogP contribution in [0.4, 0.5) is 0 Å². The lowest BCUT2D eigenvalue weighted by Gasteiger charge is -2.36. The third kappa shape index (κ3) is 3.70. The van der Waals surface area contributed by atoms with Gasteiger partial charge in [0.05, 0.1) is 5.60 Å². The Morgan fingerprint density at radius 2 is 1.65 bits per heavy atom. The largest absolute Gasteiger partial charge is 0.381 e. The molecule has 26 heavy (non-hydrogen) atoms. The SMILES string of the molecule is COC1(c2cccc(Sc3ccc4cc(Br)ccc4c3)c2)CCOCC1. The van der Waals surface area contributed by atoms with E-state index >= 15 is 0 Å². The van der Waals surface area contributed by atoms with Crippen LogP contribution >= 0.6 is 27.7 Å². The van der Waals surface area contributed by atoms with E-state index in [1.54, 1.807) is 11.8 Å². The molecule has 1 aliphatic heterocycles. The molecule has 0 N–H and O–H groups in total. The second-order valence-electron chi connectivity index (χ2n) is 6.59. The standard InChI is InChI=1S/C22H21BrO2S/c1-24-22(9-11-25-12-10-22)18-3-2-4-20(15-18)26-21-8-6-16-13-19(23)7-5-17(16)14-21/h2-8,13-15H,9-12H2,1H3. The Labute approximate surface area is 167 Å². The fourth-order valence-electron chi connectivity index (χ4n) is 3.55. The number of ether oxygens (including phenoxy) is 2. The summed E-state index contributed by atoms with van der Waals surface area (Å²) in [6, 6.07) is 21.8. The highest BCUT2D eigenvalue weighted by molar-refractivity contribution is 9.10. The molecule has 1 fully saturated rings. The molecule has 0 saturated carbocycles. The van der Waals surface area contributed by atoms with E-state index in [1.165, 1.54) is 26.1 Å². The van der Waals surface area contributed by atoms with E-state index < -0.39 is 0 Å². The number of fused-ring (bicyclic) bond motifs is 1. The molecule has 4 rings (SSSR count). The summed E-state index contributed by atoms with van der Waals surface area (Å²) in [5.74, 6) is 0. The molecule has 0 atom stereocenters. The number of benzene rings is 3. The highest BCUT2D eigenvalue weighted by Gasteiger charge is 2.34. The third-order valence-electron chi connectivity index (χ3n) is 5.06. The Bertz CT molecular complexity index is 919. The van der Waals surface area contributed by atoms with Crippen LogP contribution in [0.15, 0.2) is 74.9 Å². The summed E-state index contributed by atoms with van der Waals surface area (Å²) in [5, 5.41) is 2.50. The van der Waals surface area contributed by atoms with Crippen molar-refractivity contribution in [2.75, 3.05) is 20.3 Å². The van der Waals surface area contributed by atoms with E-state index in [0.717, 1.165) is 30.5 Å². The van der Waals surface area contributed by atoms with Gasteiger partial charge in [-0.1, -0.05) is 52.0 Å². The number of rotatable bonds is 4. The zero-order chi connectivity index (χ0) is 18.0. The van der Waals surface area contributed by atoms with Crippen LogP contribution in [-0.2, 0) is 15.1 Å². The van der Waals surface area contributed by atoms with Crippen molar-refractivity contribution in [2.45, 2.75) is 28.2 Å². The zero-order valence-corrected chi connectivity index (χ0v) is 17.1. The van der Waals surface area contributed by atoms with Gasteiger partial charge in [-0.15, -0.1) is 0 Å². The normalized spacial score (nSPS) is 16.7. The van der Waals surface area contributed by atoms with E-state index in [1.807, 2.05) is 7.11 Å². The molecule has 134 valence electrons. The molecule has 3 aromatic rings. The fraction of sp³-hybridized carbons (Fsp3) is 0.273. The number of hydrogen-bond acceptors (Lipinski definition) is 3. The highest BCUT2D eigenvalue weighted by Crippen LogP contribution is 2.38. The molecular formula is C22H21BrO2S. The van der Waals surface area contributed by atoms with Gasteiger partial charge < -0.3 is 9.47 Å². The summed E-state index contributed by atoms with van der Waals surface area (Å²) in [6.45, 7) is 1.51. The van der Waals surface area contributed by atoms with Gasteiger partial charge in [-0.2, -0.15) is 0 Å². The average Bonchev–Trinajstić information content (AvgIpc) is 2.69. The summed E-state index contributed by atoms with van der Waals surface area (Å²) in [4.78, 5) is 2.48. The predicted molar refractivity (Wildman–Crippen MR) is 111 cm³/mol. The molecule has 1 aliphatic rings. The van der Waals surface area contributed by atoms with Gasteiger partial charge in [-0.25, -0.2) is 0 Å². The smallest absolute Gasteiger partial charge is 0.0971 e. The summed E-state index contributed by atoms with van der Waals surface area (Å²) >= 11 is 5.33. The van der Waals surface area contributed by atoms with Gasteiger partial charge in [0, 0.05) is 47.4 Å². The van der Waals surface area contributed by atoms with Gasteiger partial charge >= 0.3 is 0 Å². The minimum atomic E-state index is -0.218. The summed E-state index contributed by atoms with van der Waals surface area (Å²) in [5.41, 5.74) is 1.03. The monoisotopic (exact) mass is 428 g/mol. The molecule has 3 aromatic carbocycles. The van der Waals surface area contributed by atoms with Crippen LogP contribution in [0.3, 0.4) is 0 Å². The first-order chi connectivity index (χ1) is 12.7. The van der Waals surface area contributed by atoms with E-state index in [9.17, 15) is 0 Å². The molecule has 0 aliphatic carbocycles. The molecule has 1 heterocycles. The van der Waals surface area contributed by atoms with E-state index in [2.05, 4.69) is 76.6 Å². The lowest BCUT2D eigenvalue weighted by Crippen LogP contribution is -2.35. The van der Waals surface area contributed by atoms with Crippen LogP contribution in [0.2, 0.25) is 0 Å². The Morgan fingerprint density at radius 1 is 0.923 bits per heavy atom. The van der Waals surface area contributed by atoms with Crippen LogP contribution in [0, 0.1) is 0 Å². The van der Waals surface area contributed by atoms with Crippen molar-refractivity contribution < 1.29 is 9.47 Å². The maximum atomic E-state index is 5.95. The van der Waals surface area contributed by atoms with Crippen molar-refractivity contribution >= 4 is 38.5 Å². The van der Waals surface area contributed by atoms with Gasteiger partial charge in [0.1, 0.15) is 0 Å². The Morgan fingerprint density at radius 3 is 2.46 bits per heavy atom. The Balaban J connectivity index is 1.62. The van der Waals surface area contributed by atoms with Crippen molar-refractivity contribution in [1.29, 1.82) is 0 Å². The van der Waals surface area contributed by atoms with Crippen LogP contribution in [0.25, 0.3) is 10.8 Å². The van der Waals surface area contributed by atoms with Crippen LogP contribution in [0.5, 0.6) is 0 Å². The molecule has 0 bridgehead atoms. The molecule has 1 saturated heterocycles. The molecule has 0 amide bonds. The molecule has 0 radical (unpaired) electrons. The first kappa shape index (κ1) is 18.1. The molecule has 0 unspecified atom stereocenters. The number of hydrogen-bond donors (Lipinski definition) is 0. The second-order valence-corrected chi connectivity index (χ2v) is 8.66. The highest BCUT2D eigenvalue weighted by atomic mass is 79.9. The number of methoxy groups -OCH3 is 1. The predicted octanol–water partition coefficient (Wildman–Crippen LogP) is 6.41. The van der Waals surface area contributed by atoms with Gasteiger partial charge in [-0.05, 0) is 52.7 Å². The maximum absolute atomic E-state index is 5.95. The van der Waals surface area contributed by atoms with Gasteiger partial charge in [0.25, 0.3) is 0 Å². The summed E-state index contributed by atoms with van der Waals surface area (Å²) < 4.78 is 12.6. The quantitative estimate of drug-likeness (QED) is 0.478. The van der Waals surface area contributed by atoms with Gasteiger partial charge in [-0.3, -0.25) is 0 Å². The lowest BCUT2D eigenvalue weighted by molar-refractivity contribution is -0.0948. The van der Waals surface area contributed by atoms with Gasteiger partial charge in [0.2, 0.25) is 0 Å². The van der Waals surface area contributed by atoms with E-state index in [0.29, 0.717) is 0 Å². The van der Waals surface area contributed by atoms with Crippen molar-refractivity contribution in [2.24, 2.45) is 0 Å². The van der Waals surface area contributed by atoms with E-state index in [4.69, 9.17) is 9.47 Å².